The number of benzene rings is 3. The van der Waals surface area contributed by atoms with Gasteiger partial charge < -0.3 is 9.88 Å². The zero-order valence-corrected chi connectivity index (χ0v) is 21.0. The van der Waals surface area contributed by atoms with E-state index in [4.69, 9.17) is 11.6 Å². The number of anilines is 1. The molecule has 1 N–H and O–H groups in total. The number of hydrogen-bond donors (Lipinski definition) is 1. The van der Waals surface area contributed by atoms with Gasteiger partial charge in [0.15, 0.2) is 17.5 Å². The minimum absolute atomic E-state index is 0.0995. The smallest absolute Gasteiger partial charge is 0.294 e. The maximum Gasteiger partial charge on any atom is 0.294 e. The molecule has 0 aliphatic carbocycles. The highest BCUT2D eigenvalue weighted by molar-refractivity contribution is 8.18. The van der Waals surface area contributed by atoms with E-state index < -0.39 is 46.7 Å². The largest absolute Gasteiger partial charge is 0.342 e. The second-order valence-electron chi connectivity index (χ2n) is 8.36. The molecule has 4 aromatic rings. The van der Waals surface area contributed by atoms with Crippen molar-refractivity contribution < 1.29 is 27.6 Å². The van der Waals surface area contributed by atoms with Gasteiger partial charge in [-0.05, 0) is 47.7 Å². The van der Waals surface area contributed by atoms with Crippen LogP contribution in [0.4, 0.5) is 23.7 Å². The second kappa shape index (κ2) is 10.4. The molecule has 1 aliphatic rings. The zero-order valence-electron chi connectivity index (χ0n) is 19.4. The van der Waals surface area contributed by atoms with Crippen LogP contribution in [0.5, 0.6) is 0 Å². The van der Waals surface area contributed by atoms with Gasteiger partial charge in [0.05, 0.1) is 10.6 Å². The molecule has 3 amide bonds. The third kappa shape index (κ3) is 4.92. The maximum absolute atomic E-state index is 13.9. The van der Waals surface area contributed by atoms with Crippen LogP contribution in [0.3, 0.4) is 0 Å². The summed E-state index contributed by atoms with van der Waals surface area (Å²) in [4.78, 5) is 38.7. The first-order valence-electron chi connectivity index (χ1n) is 11.2. The first-order valence-corrected chi connectivity index (χ1v) is 12.4. The Morgan fingerprint density at radius 3 is 2.50 bits per heavy atom. The summed E-state index contributed by atoms with van der Waals surface area (Å²) in [5.74, 6) is -6.39. The number of para-hydroxylation sites is 1. The first-order chi connectivity index (χ1) is 18.2. The van der Waals surface area contributed by atoms with Crippen LogP contribution in [0.1, 0.15) is 11.1 Å². The number of amides is 3. The Morgan fingerprint density at radius 1 is 0.974 bits per heavy atom. The lowest BCUT2D eigenvalue weighted by Crippen LogP contribution is -2.36. The minimum atomic E-state index is -1.74. The third-order valence-electron chi connectivity index (χ3n) is 5.89. The van der Waals surface area contributed by atoms with Crippen LogP contribution in [0.15, 0.2) is 71.8 Å². The van der Waals surface area contributed by atoms with Crippen molar-refractivity contribution >= 4 is 63.1 Å². The van der Waals surface area contributed by atoms with Gasteiger partial charge in [-0.3, -0.25) is 19.3 Å². The Morgan fingerprint density at radius 2 is 1.71 bits per heavy atom. The summed E-state index contributed by atoms with van der Waals surface area (Å²) in [6.07, 6.45) is 3.42. The quantitative estimate of drug-likeness (QED) is 0.220. The molecule has 0 spiro atoms. The van der Waals surface area contributed by atoms with E-state index in [0.717, 1.165) is 22.5 Å². The summed E-state index contributed by atoms with van der Waals surface area (Å²) < 4.78 is 42.4. The average molecular weight is 556 g/mol. The van der Waals surface area contributed by atoms with Gasteiger partial charge in [-0.1, -0.05) is 48.0 Å². The molecule has 6 nitrogen and oxygen atoms in total. The van der Waals surface area contributed by atoms with E-state index in [1.807, 2.05) is 53.2 Å². The van der Waals surface area contributed by atoms with Crippen LogP contribution in [0.25, 0.3) is 17.0 Å². The van der Waals surface area contributed by atoms with Gasteiger partial charge in [-0.25, -0.2) is 13.2 Å². The molecule has 5 rings (SSSR count). The van der Waals surface area contributed by atoms with Gasteiger partial charge in [-0.15, -0.1) is 0 Å². The van der Waals surface area contributed by atoms with E-state index in [1.54, 1.807) is 12.1 Å². The molecule has 1 fully saturated rings. The normalized spacial score (nSPS) is 14.6. The molecule has 0 bridgehead atoms. The van der Waals surface area contributed by atoms with Crippen molar-refractivity contribution in [3.8, 4) is 0 Å². The van der Waals surface area contributed by atoms with E-state index in [0.29, 0.717) is 39.9 Å². The Hall–Kier alpha value is -4.02. The number of halogens is 4. The molecule has 0 radical (unpaired) electrons. The molecule has 0 atom stereocenters. The van der Waals surface area contributed by atoms with Crippen molar-refractivity contribution in [2.24, 2.45) is 0 Å². The highest BCUT2D eigenvalue weighted by Gasteiger charge is 2.36. The molecular weight excluding hydrogens is 539 g/mol. The number of carbonyl (C=O) groups is 3. The van der Waals surface area contributed by atoms with Crippen molar-refractivity contribution in [3.05, 3.63) is 105 Å². The molecule has 1 aliphatic heterocycles. The van der Waals surface area contributed by atoms with Crippen molar-refractivity contribution in [2.75, 3.05) is 11.9 Å². The minimum Gasteiger partial charge on any atom is -0.342 e. The monoisotopic (exact) mass is 555 g/mol. The van der Waals surface area contributed by atoms with Gasteiger partial charge in [0, 0.05) is 34.2 Å². The van der Waals surface area contributed by atoms with Gasteiger partial charge >= 0.3 is 0 Å². The number of nitrogens with one attached hydrogen (secondary N) is 1. The van der Waals surface area contributed by atoms with E-state index in [2.05, 4.69) is 5.32 Å². The van der Waals surface area contributed by atoms with Gasteiger partial charge in [0.25, 0.3) is 11.1 Å². The molecule has 1 aromatic heterocycles. The molecule has 38 heavy (non-hydrogen) atoms. The Balaban J connectivity index is 1.38. The zero-order chi connectivity index (χ0) is 27.0. The number of rotatable bonds is 6. The van der Waals surface area contributed by atoms with E-state index in [9.17, 15) is 27.6 Å². The number of imide groups is 1. The Kier molecular flexibility index (Phi) is 7.00. The standard InChI is InChI=1S/C27H17ClF3N3O3S/c28-18-7-3-1-5-15(18)12-33-13-16(17-6-2-4-8-21(17)33)11-22-26(36)34(27(37)38-22)14-23(35)32-20-10-9-19(29)24(30)25(20)31/h1-11,13H,12,14H2,(H,32,35). The number of nitrogens with zero attached hydrogens (tertiary/aromatic N) is 2. The van der Waals surface area contributed by atoms with Crippen molar-refractivity contribution in [2.45, 2.75) is 6.54 Å². The molecule has 2 heterocycles. The Labute approximate surface area is 223 Å². The number of thioether (sulfide) groups is 1. The summed E-state index contributed by atoms with van der Waals surface area (Å²) in [6, 6.07) is 16.5. The van der Waals surface area contributed by atoms with Crippen LogP contribution in [0, 0.1) is 17.5 Å². The van der Waals surface area contributed by atoms with Gasteiger partial charge in [0.1, 0.15) is 6.54 Å². The predicted molar refractivity (Wildman–Crippen MR) is 140 cm³/mol. The van der Waals surface area contributed by atoms with E-state index in [1.165, 1.54) is 0 Å². The second-order valence-corrected chi connectivity index (χ2v) is 9.76. The molecule has 3 aromatic carbocycles. The molecule has 0 unspecified atom stereocenters. The molecule has 1 saturated heterocycles. The fourth-order valence-corrected chi connectivity index (χ4v) is 5.09. The maximum atomic E-state index is 13.9. The molecule has 192 valence electrons. The van der Waals surface area contributed by atoms with Gasteiger partial charge in [0.2, 0.25) is 5.91 Å². The van der Waals surface area contributed by atoms with E-state index >= 15 is 0 Å². The van der Waals surface area contributed by atoms with Crippen molar-refractivity contribution in [1.82, 2.24) is 9.47 Å². The van der Waals surface area contributed by atoms with Crippen molar-refractivity contribution in [3.63, 3.8) is 0 Å². The summed E-state index contributed by atoms with van der Waals surface area (Å²) in [6.45, 7) is -0.245. The van der Waals surface area contributed by atoms with Crippen LogP contribution in [-0.4, -0.2) is 33.1 Å². The summed E-state index contributed by atoms with van der Waals surface area (Å²) in [5.41, 5.74) is 1.88. The lowest BCUT2D eigenvalue weighted by Gasteiger charge is -2.13. The number of aromatic nitrogens is 1. The fraction of sp³-hybridized carbons (Fsp3) is 0.0741. The van der Waals surface area contributed by atoms with Crippen LogP contribution < -0.4 is 5.32 Å². The summed E-state index contributed by atoms with van der Waals surface area (Å²) in [7, 11) is 0. The Bertz CT molecular complexity index is 1650. The molecule has 0 saturated carbocycles. The van der Waals surface area contributed by atoms with E-state index in [-0.39, 0.29) is 4.91 Å². The summed E-state index contributed by atoms with van der Waals surface area (Å²) >= 11 is 6.99. The first kappa shape index (κ1) is 25.6. The molecular formula is C27H17ClF3N3O3S. The molecule has 11 heteroatoms. The predicted octanol–water partition coefficient (Wildman–Crippen LogP) is 6.44. The average Bonchev–Trinajstić information content (AvgIpc) is 3.37. The van der Waals surface area contributed by atoms with Crippen LogP contribution in [0.2, 0.25) is 5.02 Å². The van der Waals surface area contributed by atoms with Gasteiger partial charge in [-0.2, -0.15) is 0 Å². The van der Waals surface area contributed by atoms with Crippen LogP contribution in [-0.2, 0) is 16.1 Å². The number of fused-ring (bicyclic) bond motifs is 1. The van der Waals surface area contributed by atoms with Crippen molar-refractivity contribution in [1.29, 1.82) is 0 Å². The number of hydrogen-bond acceptors (Lipinski definition) is 4. The topological polar surface area (TPSA) is 71.4 Å². The highest BCUT2D eigenvalue weighted by atomic mass is 35.5. The fourth-order valence-electron chi connectivity index (χ4n) is 4.06. The summed E-state index contributed by atoms with van der Waals surface area (Å²) in [5, 5.41) is 2.83. The SMILES string of the molecule is O=C(CN1C(=O)SC(=Cc2cn(Cc3ccccc3Cl)c3ccccc23)C1=O)Nc1ccc(F)c(F)c1F. The number of carbonyl (C=O) groups excluding carboxylic acids is 3. The highest BCUT2D eigenvalue weighted by Crippen LogP contribution is 2.34. The lowest BCUT2D eigenvalue weighted by molar-refractivity contribution is -0.127. The lowest BCUT2D eigenvalue weighted by atomic mass is 10.1. The van der Waals surface area contributed by atoms with Crippen LogP contribution >= 0.6 is 23.4 Å². The third-order valence-corrected chi connectivity index (χ3v) is 7.17.